The molecule has 4 heteroatoms. The standard InChI is InChI=1S/C12H17BrFNO/c1-12(2,8-16)15(3)7-9-6-10(14)4-5-11(9)13/h4-6,16H,7-8H2,1-3H3. The van der Waals surface area contributed by atoms with Gasteiger partial charge in [0.05, 0.1) is 6.61 Å². The van der Waals surface area contributed by atoms with Crippen LogP contribution >= 0.6 is 15.9 Å². The second-order valence-corrected chi connectivity index (χ2v) is 5.42. The molecule has 90 valence electrons. The zero-order valence-corrected chi connectivity index (χ0v) is 11.4. The molecule has 0 bridgehead atoms. The van der Waals surface area contributed by atoms with Gasteiger partial charge in [0.15, 0.2) is 0 Å². The number of rotatable bonds is 4. The van der Waals surface area contributed by atoms with Gasteiger partial charge in [0.25, 0.3) is 0 Å². The molecule has 0 unspecified atom stereocenters. The third kappa shape index (κ3) is 3.27. The van der Waals surface area contributed by atoms with Crippen LogP contribution in [0, 0.1) is 5.82 Å². The van der Waals surface area contributed by atoms with Crippen LogP contribution in [-0.4, -0.2) is 29.2 Å². The minimum atomic E-state index is -0.314. The molecule has 0 heterocycles. The molecule has 0 radical (unpaired) electrons. The molecule has 0 saturated heterocycles. The fourth-order valence-corrected chi connectivity index (χ4v) is 1.63. The van der Waals surface area contributed by atoms with E-state index in [2.05, 4.69) is 15.9 Å². The minimum absolute atomic E-state index is 0.0659. The Balaban J connectivity index is 2.84. The number of aliphatic hydroxyl groups is 1. The maximum Gasteiger partial charge on any atom is 0.123 e. The predicted molar refractivity (Wildman–Crippen MR) is 66.7 cm³/mol. The van der Waals surface area contributed by atoms with E-state index < -0.39 is 0 Å². The van der Waals surface area contributed by atoms with Crippen molar-refractivity contribution in [3.05, 3.63) is 34.1 Å². The molecule has 16 heavy (non-hydrogen) atoms. The van der Waals surface area contributed by atoms with E-state index in [-0.39, 0.29) is 18.0 Å². The van der Waals surface area contributed by atoms with E-state index in [1.54, 1.807) is 6.07 Å². The summed E-state index contributed by atoms with van der Waals surface area (Å²) in [6.07, 6.45) is 0. The van der Waals surface area contributed by atoms with E-state index in [4.69, 9.17) is 0 Å². The molecular weight excluding hydrogens is 273 g/mol. The molecule has 0 aliphatic carbocycles. The van der Waals surface area contributed by atoms with E-state index in [0.717, 1.165) is 10.0 Å². The monoisotopic (exact) mass is 289 g/mol. The van der Waals surface area contributed by atoms with E-state index in [1.165, 1.54) is 12.1 Å². The van der Waals surface area contributed by atoms with Crippen LogP contribution in [0.2, 0.25) is 0 Å². The van der Waals surface area contributed by atoms with E-state index in [9.17, 15) is 9.50 Å². The van der Waals surface area contributed by atoms with Crippen LogP contribution in [-0.2, 0) is 6.54 Å². The van der Waals surface area contributed by atoms with Crippen molar-refractivity contribution in [1.29, 1.82) is 0 Å². The first kappa shape index (κ1) is 13.6. The molecule has 1 rings (SSSR count). The van der Waals surface area contributed by atoms with Crippen LogP contribution < -0.4 is 0 Å². The first-order chi connectivity index (χ1) is 7.36. The topological polar surface area (TPSA) is 23.5 Å². The Labute approximate surface area is 104 Å². The van der Waals surface area contributed by atoms with Gasteiger partial charge in [-0.05, 0) is 44.7 Å². The Morgan fingerprint density at radius 3 is 2.62 bits per heavy atom. The maximum atomic E-state index is 13.1. The molecule has 0 aliphatic rings. The molecule has 1 N–H and O–H groups in total. The quantitative estimate of drug-likeness (QED) is 0.921. The summed E-state index contributed by atoms with van der Waals surface area (Å²) in [5.74, 6) is -0.242. The number of likely N-dealkylation sites (N-methyl/N-ethyl adjacent to an activating group) is 1. The molecule has 0 amide bonds. The van der Waals surface area contributed by atoms with Crippen LogP contribution in [0.5, 0.6) is 0 Å². The third-order valence-electron chi connectivity index (χ3n) is 2.84. The van der Waals surface area contributed by atoms with Crippen molar-refractivity contribution in [2.45, 2.75) is 25.9 Å². The summed E-state index contributed by atoms with van der Waals surface area (Å²) < 4.78 is 14.0. The second-order valence-electron chi connectivity index (χ2n) is 4.56. The van der Waals surface area contributed by atoms with E-state index >= 15 is 0 Å². The van der Waals surface area contributed by atoms with E-state index in [1.807, 2.05) is 25.8 Å². The molecule has 0 saturated carbocycles. The van der Waals surface area contributed by atoms with Crippen LogP contribution in [0.25, 0.3) is 0 Å². The molecule has 0 atom stereocenters. The van der Waals surface area contributed by atoms with Crippen LogP contribution in [0.3, 0.4) is 0 Å². The van der Waals surface area contributed by atoms with Crippen molar-refractivity contribution < 1.29 is 9.50 Å². The molecule has 2 nitrogen and oxygen atoms in total. The Morgan fingerprint density at radius 2 is 2.06 bits per heavy atom. The average Bonchev–Trinajstić information content (AvgIpc) is 2.23. The lowest BCUT2D eigenvalue weighted by Gasteiger charge is -2.34. The summed E-state index contributed by atoms with van der Waals surface area (Å²) in [4.78, 5) is 1.99. The Morgan fingerprint density at radius 1 is 1.44 bits per heavy atom. The highest BCUT2D eigenvalue weighted by atomic mass is 79.9. The normalized spacial score (nSPS) is 12.2. The predicted octanol–water partition coefficient (Wildman–Crippen LogP) is 2.79. The smallest absolute Gasteiger partial charge is 0.123 e. The van der Waals surface area contributed by atoms with Crippen molar-refractivity contribution in [2.24, 2.45) is 0 Å². The molecular formula is C12H17BrFNO. The number of hydrogen-bond acceptors (Lipinski definition) is 2. The summed E-state index contributed by atoms with van der Waals surface area (Å²) in [6, 6.07) is 4.63. The number of hydrogen-bond donors (Lipinski definition) is 1. The van der Waals surface area contributed by atoms with Crippen molar-refractivity contribution in [3.8, 4) is 0 Å². The van der Waals surface area contributed by atoms with Gasteiger partial charge < -0.3 is 5.11 Å². The van der Waals surface area contributed by atoms with Gasteiger partial charge in [0, 0.05) is 16.6 Å². The fourth-order valence-electron chi connectivity index (χ4n) is 1.25. The fraction of sp³-hybridized carbons (Fsp3) is 0.500. The lowest BCUT2D eigenvalue weighted by Crippen LogP contribution is -2.43. The largest absolute Gasteiger partial charge is 0.394 e. The van der Waals surface area contributed by atoms with Gasteiger partial charge in [0.2, 0.25) is 0 Å². The SMILES string of the molecule is CN(Cc1cc(F)ccc1Br)C(C)(C)CO. The van der Waals surface area contributed by atoms with Gasteiger partial charge in [-0.1, -0.05) is 15.9 Å². The number of nitrogens with zero attached hydrogens (tertiary/aromatic N) is 1. The Hall–Kier alpha value is -0.450. The summed E-state index contributed by atoms with van der Waals surface area (Å²) in [6.45, 7) is 4.54. The average molecular weight is 290 g/mol. The van der Waals surface area contributed by atoms with Crippen LogP contribution in [0.15, 0.2) is 22.7 Å². The zero-order chi connectivity index (χ0) is 12.3. The minimum Gasteiger partial charge on any atom is -0.394 e. The van der Waals surface area contributed by atoms with Crippen molar-refractivity contribution >= 4 is 15.9 Å². The van der Waals surface area contributed by atoms with Crippen LogP contribution in [0.4, 0.5) is 4.39 Å². The summed E-state index contributed by atoms with van der Waals surface area (Å²) in [5, 5.41) is 9.24. The van der Waals surface area contributed by atoms with Crippen molar-refractivity contribution in [1.82, 2.24) is 4.90 Å². The third-order valence-corrected chi connectivity index (χ3v) is 3.61. The molecule has 1 aromatic rings. The zero-order valence-electron chi connectivity index (χ0n) is 9.80. The maximum absolute atomic E-state index is 13.1. The van der Waals surface area contributed by atoms with E-state index in [0.29, 0.717) is 6.54 Å². The van der Waals surface area contributed by atoms with Crippen molar-refractivity contribution in [2.75, 3.05) is 13.7 Å². The number of halogens is 2. The highest BCUT2D eigenvalue weighted by Crippen LogP contribution is 2.22. The van der Waals surface area contributed by atoms with Crippen LogP contribution in [0.1, 0.15) is 19.4 Å². The Bertz CT molecular complexity index is 368. The molecule has 0 aromatic heterocycles. The molecule has 1 aromatic carbocycles. The summed E-state index contributed by atoms with van der Waals surface area (Å²) >= 11 is 3.39. The van der Waals surface area contributed by atoms with Gasteiger partial charge >= 0.3 is 0 Å². The Kier molecular flexibility index (Phi) is 4.47. The highest BCUT2D eigenvalue weighted by Gasteiger charge is 2.22. The molecule has 0 aliphatic heterocycles. The lowest BCUT2D eigenvalue weighted by atomic mass is 10.0. The van der Waals surface area contributed by atoms with Gasteiger partial charge in [-0.25, -0.2) is 4.39 Å². The van der Waals surface area contributed by atoms with Gasteiger partial charge in [-0.3, -0.25) is 4.90 Å². The first-order valence-corrected chi connectivity index (χ1v) is 5.92. The van der Waals surface area contributed by atoms with Gasteiger partial charge in [0.1, 0.15) is 5.82 Å². The van der Waals surface area contributed by atoms with Gasteiger partial charge in [-0.15, -0.1) is 0 Å². The highest BCUT2D eigenvalue weighted by molar-refractivity contribution is 9.10. The first-order valence-electron chi connectivity index (χ1n) is 5.13. The van der Waals surface area contributed by atoms with Crippen molar-refractivity contribution in [3.63, 3.8) is 0 Å². The molecule has 0 spiro atoms. The second kappa shape index (κ2) is 5.25. The summed E-state index contributed by atoms with van der Waals surface area (Å²) in [5.41, 5.74) is 0.565. The summed E-state index contributed by atoms with van der Waals surface area (Å²) in [7, 11) is 1.91. The number of benzene rings is 1. The molecule has 0 fully saturated rings. The lowest BCUT2D eigenvalue weighted by molar-refractivity contribution is 0.0732. The number of aliphatic hydroxyl groups excluding tert-OH is 1. The van der Waals surface area contributed by atoms with Gasteiger partial charge in [-0.2, -0.15) is 0 Å².